The van der Waals surface area contributed by atoms with E-state index in [1.54, 1.807) is 36.4 Å². The predicted octanol–water partition coefficient (Wildman–Crippen LogP) is 4.59. The molecule has 2 nitrogen and oxygen atoms in total. The van der Waals surface area contributed by atoms with E-state index < -0.39 is 0 Å². The van der Waals surface area contributed by atoms with Crippen LogP contribution in [0.25, 0.3) is 21.8 Å². The largest absolute Gasteiger partial charge is 0.618 e. The second-order valence-corrected chi connectivity index (χ2v) is 5.18. The van der Waals surface area contributed by atoms with Crippen molar-refractivity contribution in [3.05, 3.63) is 56.7 Å². The summed E-state index contributed by atoms with van der Waals surface area (Å²) in [6, 6.07) is 10.1. The van der Waals surface area contributed by atoms with Crippen LogP contribution in [0.3, 0.4) is 0 Å². The molecule has 1 heterocycles. The van der Waals surface area contributed by atoms with E-state index in [9.17, 15) is 5.21 Å². The number of nitrogens with zero attached hydrogens (tertiary/aromatic N) is 1. The first-order valence-corrected chi connectivity index (χ1v) is 6.31. The van der Waals surface area contributed by atoms with Crippen molar-refractivity contribution in [2.24, 2.45) is 0 Å². The first kappa shape index (κ1) is 11.8. The fraction of sp³-hybridized carbons (Fsp3) is 0. The first-order chi connectivity index (χ1) is 8.58. The lowest BCUT2D eigenvalue weighted by molar-refractivity contribution is -0.547. The van der Waals surface area contributed by atoms with E-state index in [-0.39, 0.29) is 0 Å². The minimum absolute atomic E-state index is 0.433. The normalized spacial score (nSPS) is 11.3. The van der Waals surface area contributed by atoms with E-state index in [0.29, 0.717) is 36.9 Å². The van der Waals surface area contributed by atoms with Crippen molar-refractivity contribution in [1.29, 1.82) is 0 Å². The Morgan fingerprint density at radius 1 is 0.778 bits per heavy atom. The smallest absolute Gasteiger partial charge is 0.227 e. The van der Waals surface area contributed by atoms with Crippen LogP contribution in [0.15, 0.2) is 36.4 Å². The van der Waals surface area contributed by atoms with Gasteiger partial charge in [-0.3, -0.25) is 0 Å². The molecule has 0 atom stereocenters. The average molecular weight is 299 g/mol. The molecule has 0 unspecified atom stereocenters. The van der Waals surface area contributed by atoms with Crippen LogP contribution in [0, 0.1) is 5.21 Å². The van der Waals surface area contributed by atoms with Crippen LogP contribution in [0.2, 0.25) is 15.1 Å². The van der Waals surface area contributed by atoms with Gasteiger partial charge in [0.2, 0.25) is 11.0 Å². The molecule has 18 heavy (non-hydrogen) atoms. The van der Waals surface area contributed by atoms with Gasteiger partial charge < -0.3 is 5.21 Å². The van der Waals surface area contributed by atoms with Gasteiger partial charge in [-0.1, -0.05) is 34.8 Å². The molecule has 90 valence electrons. The van der Waals surface area contributed by atoms with Crippen LogP contribution in [0.5, 0.6) is 0 Å². The van der Waals surface area contributed by atoms with Crippen molar-refractivity contribution in [3.63, 3.8) is 0 Å². The fourth-order valence-electron chi connectivity index (χ4n) is 1.99. The average Bonchev–Trinajstić information content (AvgIpc) is 2.35. The Hall–Kier alpha value is -1.22. The topological polar surface area (TPSA) is 26.9 Å². The lowest BCUT2D eigenvalue weighted by Crippen LogP contribution is -2.28. The summed E-state index contributed by atoms with van der Waals surface area (Å²) in [5.74, 6) is 0. The lowest BCUT2D eigenvalue weighted by atomic mass is 10.1. The molecule has 5 heteroatoms. The van der Waals surface area contributed by atoms with E-state index in [1.165, 1.54) is 0 Å². The predicted molar refractivity (Wildman–Crippen MR) is 75.4 cm³/mol. The number of rotatable bonds is 0. The molecule has 0 bridgehead atoms. The highest BCUT2D eigenvalue weighted by Crippen LogP contribution is 2.31. The minimum atomic E-state index is 0.433. The van der Waals surface area contributed by atoms with Gasteiger partial charge in [0.15, 0.2) is 0 Å². The number of benzene rings is 2. The molecular weight excluding hydrogens is 293 g/mol. The third kappa shape index (κ3) is 1.69. The number of hydrogen-bond acceptors (Lipinski definition) is 1. The Kier molecular flexibility index (Phi) is 2.74. The fourth-order valence-corrected chi connectivity index (χ4v) is 2.64. The molecule has 0 aliphatic rings. The Morgan fingerprint density at radius 2 is 1.22 bits per heavy atom. The minimum Gasteiger partial charge on any atom is -0.618 e. The molecule has 3 aromatic rings. The molecule has 2 aromatic carbocycles. The molecule has 0 aliphatic heterocycles. The molecule has 0 amide bonds. The van der Waals surface area contributed by atoms with Crippen molar-refractivity contribution < 1.29 is 4.73 Å². The van der Waals surface area contributed by atoms with E-state index in [1.807, 2.05) is 0 Å². The van der Waals surface area contributed by atoms with Crippen molar-refractivity contribution >= 4 is 56.6 Å². The monoisotopic (exact) mass is 297 g/mol. The molecule has 0 radical (unpaired) electrons. The Balaban J connectivity index is 2.61. The standard InChI is InChI=1S/C13H6Cl3NO/c14-7-1-3-9-11(5-7)17(18)12-6-8(15)2-4-10(12)13(9)16/h1-6H. The van der Waals surface area contributed by atoms with Crippen molar-refractivity contribution in [3.8, 4) is 0 Å². The van der Waals surface area contributed by atoms with Gasteiger partial charge in [-0.2, -0.15) is 4.73 Å². The zero-order chi connectivity index (χ0) is 12.9. The summed E-state index contributed by atoms with van der Waals surface area (Å²) in [4.78, 5) is 0. The van der Waals surface area contributed by atoms with Gasteiger partial charge in [-0.05, 0) is 24.3 Å². The van der Waals surface area contributed by atoms with Crippen LogP contribution < -0.4 is 4.73 Å². The van der Waals surface area contributed by atoms with Crippen molar-refractivity contribution in [2.75, 3.05) is 0 Å². The van der Waals surface area contributed by atoms with Gasteiger partial charge in [0, 0.05) is 22.2 Å². The molecule has 0 fully saturated rings. The number of hydrogen-bond donors (Lipinski definition) is 0. The quantitative estimate of drug-likeness (QED) is 0.339. The van der Waals surface area contributed by atoms with Crippen molar-refractivity contribution in [1.82, 2.24) is 0 Å². The second-order valence-electron chi connectivity index (χ2n) is 3.93. The summed E-state index contributed by atoms with van der Waals surface area (Å²) >= 11 is 18.1. The summed E-state index contributed by atoms with van der Waals surface area (Å²) in [7, 11) is 0. The maximum atomic E-state index is 12.3. The molecule has 0 aliphatic carbocycles. The molecule has 0 spiro atoms. The van der Waals surface area contributed by atoms with Gasteiger partial charge in [0.1, 0.15) is 0 Å². The summed E-state index contributed by atoms with van der Waals surface area (Å²) in [5, 5.41) is 15.1. The highest BCUT2D eigenvalue weighted by molar-refractivity contribution is 6.40. The van der Waals surface area contributed by atoms with Gasteiger partial charge in [0.25, 0.3) is 0 Å². The van der Waals surface area contributed by atoms with Gasteiger partial charge in [0.05, 0.1) is 15.8 Å². The molecular formula is C13H6Cl3NO. The van der Waals surface area contributed by atoms with Crippen molar-refractivity contribution in [2.45, 2.75) is 0 Å². The summed E-state index contributed by atoms with van der Waals surface area (Å²) < 4.78 is 0.800. The van der Waals surface area contributed by atoms with Crippen LogP contribution in [-0.4, -0.2) is 0 Å². The number of halogens is 3. The molecule has 0 N–H and O–H groups in total. The summed E-state index contributed by atoms with van der Waals surface area (Å²) in [5.41, 5.74) is 0.865. The second kappa shape index (κ2) is 4.16. The van der Waals surface area contributed by atoms with Crippen LogP contribution in [0.4, 0.5) is 0 Å². The number of fused-ring (bicyclic) bond motifs is 2. The van der Waals surface area contributed by atoms with Gasteiger partial charge >= 0.3 is 0 Å². The Bertz CT molecular complexity index is 723. The van der Waals surface area contributed by atoms with Crippen LogP contribution >= 0.6 is 34.8 Å². The van der Waals surface area contributed by atoms with E-state index in [0.717, 1.165) is 4.73 Å². The zero-order valence-corrected chi connectivity index (χ0v) is 11.2. The number of pyridine rings is 1. The Labute approximate surface area is 118 Å². The summed E-state index contributed by atoms with van der Waals surface area (Å²) in [6.07, 6.45) is 0. The summed E-state index contributed by atoms with van der Waals surface area (Å²) in [6.45, 7) is 0. The van der Waals surface area contributed by atoms with Gasteiger partial charge in [-0.25, -0.2) is 0 Å². The molecule has 3 rings (SSSR count). The zero-order valence-electron chi connectivity index (χ0n) is 8.95. The van der Waals surface area contributed by atoms with E-state index in [4.69, 9.17) is 34.8 Å². The number of aromatic nitrogens is 1. The highest BCUT2D eigenvalue weighted by atomic mass is 35.5. The Morgan fingerprint density at radius 3 is 1.67 bits per heavy atom. The highest BCUT2D eigenvalue weighted by Gasteiger charge is 2.16. The maximum absolute atomic E-state index is 12.3. The third-order valence-corrected chi connectivity index (χ3v) is 3.71. The van der Waals surface area contributed by atoms with Gasteiger partial charge in [-0.15, -0.1) is 0 Å². The first-order valence-electron chi connectivity index (χ1n) is 5.17. The molecule has 0 saturated heterocycles. The van der Waals surface area contributed by atoms with Crippen LogP contribution in [0.1, 0.15) is 0 Å². The maximum Gasteiger partial charge on any atom is 0.227 e. The van der Waals surface area contributed by atoms with E-state index in [2.05, 4.69) is 0 Å². The third-order valence-electron chi connectivity index (χ3n) is 2.83. The molecule has 1 aromatic heterocycles. The van der Waals surface area contributed by atoms with E-state index >= 15 is 0 Å². The van der Waals surface area contributed by atoms with Crippen LogP contribution in [-0.2, 0) is 0 Å². The lowest BCUT2D eigenvalue weighted by Gasteiger charge is -2.08. The molecule has 0 saturated carbocycles. The SMILES string of the molecule is [O-][n+]1c2cc(Cl)ccc2c(Cl)c2ccc(Cl)cc21.